The number of nitro groups is 1. The number of methoxy groups -OCH3 is 2. The van der Waals surface area contributed by atoms with E-state index in [2.05, 4.69) is 0 Å². The van der Waals surface area contributed by atoms with Crippen LogP contribution in [0, 0.1) is 10.1 Å². The van der Waals surface area contributed by atoms with Crippen LogP contribution in [0.1, 0.15) is 15.9 Å². The first-order valence-electron chi connectivity index (χ1n) is 7.35. The van der Waals surface area contributed by atoms with Crippen molar-refractivity contribution in [3.05, 3.63) is 57.6 Å². The summed E-state index contributed by atoms with van der Waals surface area (Å²) in [7, 11) is 3.04. The summed E-state index contributed by atoms with van der Waals surface area (Å²) in [5, 5.41) is 10.9. The van der Waals surface area contributed by atoms with E-state index >= 15 is 0 Å². The minimum atomic E-state index is -0.433. The van der Waals surface area contributed by atoms with Crippen LogP contribution in [0.25, 0.3) is 0 Å². The highest BCUT2D eigenvalue weighted by Gasteiger charge is 2.27. The lowest BCUT2D eigenvalue weighted by molar-refractivity contribution is -0.384. The summed E-state index contributed by atoms with van der Waals surface area (Å²) in [6.45, 7) is 0.481. The predicted molar refractivity (Wildman–Crippen MR) is 88.0 cm³/mol. The molecule has 3 rings (SSSR count). The Morgan fingerprint density at radius 2 is 1.79 bits per heavy atom. The number of nitro benzene ring substituents is 1. The average Bonchev–Trinajstić information content (AvgIpc) is 3.03. The van der Waals surface area contributed by atoms with E-state index in [-0.39, 0.29) is 11.6 Å². The fourth-order valence-corrected chi connectivity index (χ4v) is 2.80. The number of carbonyl (C=O) groups is 1. The maximum Gasteiger partial charge on any atom is 0.269 e. The van der Waals surface area contributed by atoms with Crippen LogP contribution in [0.4, 0.5) is 11.4 Å². The van der Waals surface area contributed by atoms with Gasteiger partial charge in [0.15, 0.2) is 0 Å². The summed E-state index contributed by atoms with van der Waals surface area (Å²) in [5.41, 5.74) is 1.98. The third-order valence-corrected chi connectivity index (χ3v) is 4.01. The van der Waals surface area contributed by atoms with Crippen LogP contribution < -0.4 is 14.4 Å². The first-order chi connectivity index (χ1) is 11.5. The number of amides is 1. The standard InChI is InChI=1S/C17H16N2O5/c1-23-14-8-12(9-15(10-14)24-2)17(20)18-6-5-11-7-13(19(21)22)3-4-16(11)18/h3-4,7-10H,5-6H2,1-2H3. The molecule has 0 fully saturated rings. The molecule has 2 aromatic carbocycles. The molecule has 1 aliphatic rings. The lowest BCUT2D eigenvalue weighted by Crippen LogP contribution is -2.28. The highest BCUT2D eigenvalue weighted by molar-refractivity contribution is 6.07. The van der Waals surface area contributed by atoms with Crippen LogP contribution >= 0.6 is 0 Å². The molecular formula is C17H16N2O5. The average molecular weight is 328 g/mol. The molecule has 0 spiro atoms. The Balaban J connectivity index is 1.95. The normalized spacial score (nSPS) is 12.7. The van der Waals surface area contributed by atoms with Crippen molar-refractivity contribution in [2.45, 2.75) is 6.42 Å². The predicted octanol–water partition coefficient (Wildman–Crippen LogP) is 2.81. The summed E-state index contributed by atoms with van der Waals surface area (Å²) in [4.78, 5) is 24.9. The monoisotopic (exact) mass is 328 g/mol. The Labute approximate surface area is 138 Å². The highest BCUT2D eigenvalue weighted by atomic mass is 16.6. The number of carbonyl (C=O) groups excluding carboxylic acids is 1. The van der Waals surface area contributed by atoms with Crippen molar-refractivity contribution in [3.8, 4) is 11.5 Å². The second kappa shape index (κ2) is 6.19. The van der Waals surface area contributed by atoms with Gasteiger partial charge in [0.05, 0.1) is 19.1 Å². The van der Waals surface area contributed by atoms with E-state index in [1.165, 1.54) is 26.4 Å². The Bertz CT molecular complexity index is 796. The van der Waals surface area contributed by atoms with Crippen LogP contribution in [-0.2, 0) is 6.42 Å². The molecule has 0 saturated heterocycles. The third kappa shape index (κ3) is 2.76. The van der Waals surface area contributed by atoms with Gasteiger partial charge >= 0.3 is 0 Å². The Hall–Kier alpha value is -3.09. The summed E-state index contributed by atoms with van der Waals surface area (Å²) in [6, 6.07) is 9.54. The van der Waals surface area contributed by atoms with Crippen molar-refractivity contribution in [3.63, 3.8) is 0 Å². The van der Waals surface area contributed by atoms with Gasteiger partial charge in [-0.2, -0.15) is 0 Å². The number of nitrogens with zero attached hydrogens (tertiary/aromatic N) is 2. The van der Waals surface area contributed by atoms with Gasteiger partial charge in [0.1, 0.15) is 11.5 Å². The van der Waals surface area contributed by atoms with Crippen molar-refractivity contribution in [1.29, 1.82) is 0 Å². The summed E-state index contributed by atoms with van der Waals surface area (Å²) < 4.78 is 10.4. The summed E-state index contributed by atoms with van der Waals surface area (Å²) in [6.07, 6.45) is 0.587. The van der Waals surface area contributed by atoms with Gasteiger partial charge in [-0.25, -0.2) is 0 Å². The fourth-order valence-electron chi connectivity index (χ4n) is 2.80. The molecule has 0 radical (unpaired) electrons. The number of fused-ring (bicyclic) bond motifs is 1. The molecule has 0 atom stereocenters. The molecular weight excluding hydrogens is 312 g/mol. The maximum atomic E-state index is 12.8. The van der Waals surface area contributed by atoms with E-state index in [0.717, 1.165) is 5.56 Å². The lowest BCUT2D eigenvalue weighted by atomic mass is 10.1. The summed E-state index contributed by atoms with van der Waals surface area (Å²) in [5.74, 6) is 0.862. The van der Waals surface area contributed by atoms with Crippen molar-refractivity contribution in [2.75, 3.05) is 25.7 Å². The number of non-ortho nitro benzene ring substituents is 1. The number of hydrogen-bond acceptors (Lipinski definition) is 5. The smallest absolute Gasteiger partial charge is 0.269 e. The zero-order valence-electron chi connectivity index (χ0n) is 13.3. The van der Waals surface area contributed by atoms with E-state index in [4.69, 9.17) is 9.47 Å². The molecule has 2 aromatic rings. The quantitative estimate of drug-likeness (QED) is 0.637. The fraction of sp³-hybridized carbons (Fsp3) is 0.235. The maximum absolute atomic E-state index is 12.8. The topological polar surface area (TPSA) is 81.9 Å². The van der Waals surface area contributed by atoms with Gasteiger partial charge in [0.25, 0.3) is 11.6 Å². The molecule has 0 aliphatic carbocycles. The van der Waals surface area contributed by atoms with E-state index in [9.17, 15) is 14.9 Å². The molecule has 24 heavy (non-hydrogen) atoms. The first-order valence-corrected chi connectivity index (χ1v) is 7.35. The summed E-state index contributed by atoms with van der Waals surface area (Å²) >= 11 is 0. The van der Waals surface area contributed by atoms with Crippen LogP contribution in [-0.4, -0.2) is 31.6 Å². The SMILES string of the molecule is COc1cc(OC)cc(C(=O)N2CCc3cc([N+](=O)[O-])ccc32)c1. The molecule has 0 bridgehead atoms. The van der Waals surface area contributed by atoms with E-state index in [1.807, 2.05) is 0 Å². The molecule has 1 amide bonds. The molecule has 7 heteroatoms. The van der Waals surface area contributed by atoms with Gasteiger partial charge in [0.2, 0.25) is 0 Å². The van der Waals surface area contributed by atoms with Crippen molar-refractivity contribution in [2.24, 2.45) is 0 Å². The molecule has 0 saturated carbocycles. The minimum Gasteiger partial charge on any atom is -0.497 e. The zero-order chi connectivity index (χ0) is 17.3. The Morgan fingerprint density at radius 3 is 2.38 bits per heavy atom. The van der Waals surface area contributed by atoms with Gasteiger partial charge < -0.3 is 14.4 Å². The van der Waals surface area contributed by atoms with E-state index in [1.54, 1.807) is 29.2 Å². The van der Waals surface area contributed by atoms with Gasteiger partial charge in [-0.1, -0.05) is 0 Å². The van der Waals surface area contributed by atoms with Gasteiger partial charge in [-0.05, 0) is 30.2 Å². The second-order valence-corrected chi connectivity index (χ2v) is 5.38. The largest absolute Gasteiger partial charge is 0.497 e. The number of rotatable bonds is 4. The Morgan fingerprint density at radius 1 is 1.12 bits per heavy atom. The number of hydrogen-bond donors (Lipinski definition) is 0. The van der Waals surface area contributed by atoms with Crippen molar-refractivity contribution < 1.29 is 19.2 Å². The lowest BCUT2D eigenvalue weighted by Gasteiger charge is -2.18. The zero-order valence-corrected chi connectivity index (χ0v) is 13.3. The van der Waals surface area contributed by atoms with Crippen LogP contribution in [0.5, 0.6) is 11.5 Å². The molecule has 1 aliphatic heterocycles. The van der Waals surface area contributed by atoms with Crippen molar-refractivity contribution >= 4 is 17.3 Å². The van der Waals surface area contributed by atoms with Gasteiger partial charge in [0, 0.05) is 36.0 Å². The van der Waals surface area contributed by atoms with Crippen molar-refractivity contribution in [1.82, 2.24) is 0 Å². The minimum absolute atomic E-state index is 0.0334. The Kier molecular flexibility index (Phi) is 4.07. The molecule has 0 N–H and O–H groups in total. The third-order valence-electron chi connectivity index (χ3n) is 4.01. The van der Waals surface area contributed by atoms with Crippen LogP contribution in [0.3, 0.4) is 0 Å². The second-order valence-electron chi connectivity index (χ2n) is 5.38. The first kappa shape index (κ1) is 15.8. The molecule has 124 valence electrons. The molecule has 7 nitrogen and oxygen atoms in total. The van der Waals surface area contributed by atoms with Crippen LogP contribution in [0.15, 0.2) is 36.4 Å². The molecule has 1 heterocycles. The van der Waals surface area contributed by atoms with Gasteiger partial charge in [-0.15, -0.1) is 0 Å². The van der Waals surface area contributed by atoms with E-state index < -0.39 is 4.92 Å². The molecule has 0 unspecified atom stereocenters. The van der Waals surface area contributed by atoms with E-state index in [0.29, 0.717) is 35.7 Å². The number of benzene rings is 2. The van der Waals surface area contributed by atoms with Gasteiger partial charge in [-0.3, -0.25) is 14.9 Å². The van der Waals surface area contributed by atoms with Crippen LogP contribution in [0.2, 0.25) is 0 Å². The number of ether oxygens (including phenoxy) is 2. The highest BCUT2D eigenvalue weighted by Crippen LogP contribution is 2.33. The number of anilines is 1. The molecule has 0 aromatic heterocycles.